The second-order valence-electron chi connectivity index (χ2n) is 4.57. The zero-order chi connectivity index (χ0) is 12.7. The predicted molar refractivity (Wildman–Crippen MR) is 57.9 cm³/mol. The molecular weight excluding hydrogens is 219 g/mol. The second-order valence-corrected chi connectivity index (χ2v) is 4.57. The standard InChI is InChI=1S/C10H16F3N3/c1-6(2)9(3)8(16(4)5)14-7(15-9)10(11,12)13/h6H,1-5H3. The van der Waals surface area contributed by atoms with Crippen molar-refractivity contribution in [2.45, 2.75) is 32.5 Å². The lowest BCUT2D eigenvalue weighted by molar-refractivity contribution is -0.0598. The molecule has 6 heteroatoms. The van der Waals surface area contributed by atoms with Gasteiger partial charge in [-0.05, 0) is 12.8 Å². The highest BCUT2D eigenvalue weighted by Crippen LogP contribution is 2.33. The van der Waals surface area contributed by atoms with Gasteiger partial charge in [0.15, 0.2) is 0 Å². The Morgan fingerprint density at radius 1 is 1.25 bits per heavy atom. The van der Waals surface area contributed by atoms with E-state index in [0.29, 0.717) is 5.84 Å². The Hall–Kier alpha value is -1.07. The van der Waals surface area contributed by atoms with Gasteiger partial charge in [0.25, 0.3) is 0 Å². The van der Waals surface area contributed by atoms with E-state index in [1.54, 1.807) is 25.9 Å². The number of likely N-dealkylation sites (N-methyl/N-ethyl adjacent to an activating group) is 1. The van der Waals surface area contributed by atoms with Crippen LogP contribution >= 0.6 is 0 Å². The molecule has 1 atom stereocenters. The van der Waals surface area contributed by atoms with Crippen LogP contribution in [0.5, 0.6) is 0 Å². The minimum Gasteiger partial charge on any atom is -0.364 e. The fourth-order valence-electron chi connectivity index (χ4n) is 1.58. The van der Waals surface area contributed by atoms with Crippen LogP contribution < -0.4 is 0 Å². The summed E-state index contributed by atoms with van der Waals surface area (Å²) in [5, 5.41) is 0. The second kappa shape index (κ2) is 3.75. The number of halogens is 3. The maximum absolute atomic E-state index is 12.5. The van der Waals surface area contributed by atoms with Gasteiger partial charge in [0, 0.05) is 14.1 Å². The van der Waals surface area contributed by atoms with E-state index in [-0.39, 0.29) is 5.92 Å². The summed E-state index contributed by atoms with van der Waals surface area (Å²) in [6.07, 6.45) is -4.48. The van der Waals surface area contributed by atoms with Crippen LogP contribution in [0.25, 0.3) is 0 Å². The molecule has 0 aromatic rings. The maximum Gasteiger partial charge on any atom is 0.451 e. The lowest BCUT2D eigenvalue weighted by atomic mass is 9.88. The van der Waals surface area contributed by atoms with E-state index in [2.05, 4.69) is 9.98 Å². The Kier molecular flexibility index (Phi) is 3.04. The highest BCUT2D eigenvalue weighted by molar-refractivity contribution is 6.09. The van der Waals surface area contributed by atoms with Crippen molar-refractivity contribution in [2.24, 2.45) is 15.9 Å². The van der Waals surface area contributed by atoms with Gasteiger partial charge in [0.2, 0.25) is 5.84 Å². The van der Waals surface area contributed by atoms with Gasteiger partial charge < -0.3 is 4.90 Å². The Balaban J connectivity index is 3.21. The third-order valence-corrected chi connectivity index (χ3v) is 2.80. The van der Waals surface area contributed by atoms with Crippen molar-refractivity contribution in [1.82, 2.24) is 4.90 Å². The number of hydrogen-bond donors (Lipinski definition) is 0. The lowest BCUT2D eigenvalue weighted by Crippen LogP contribution is -2.44. The van der Waals surface area contributed by atoms with Gasteiger partial charge in [-0.3, -0.25) is 0 Å². The molecule has 0 spiro atoms. The van der Waals surface area contributed by atoms with Crippen LogP contribution in [0, 0.1) is 5.92 Å². The smallest absolute Gasteiger partial charge is 0.364 e. The van der Waals surface area contributed by atoms with Crippen molar-refractivity contribution in [2.75, 3.05) is 14.1 Å². The molecule has 1 unspecified atom stereocenters. The van der Waals surface area contributed by atoms with Crippen LogP contribution in [-0.2, 0) is 0 Å². The average Bonchev–Trinajstić information content (AvgIpc) is 2.43. The summed E-state index contributed by atoms with van der Waals surface area (Å²) in [7, 11) is 3.35. The first kappa shape index (κ1) is 13.0. The first-order chi connectivity index (χ1) is 7.09. The Labute approximate surface area is 93.1 Å². The molecule has 1 rings (SSSR count). The minimum absolute atomic E-state index is 0.0477. The molecule has 0 aromatic carbocycles. The molecule has 0 amide bonds. The summed E-state index contributed by atoms with van der Waals surface area (Å²) >= 11 is 0. The van der Waals surface area contributed by atoms with Crippen LogP contribution in [-0.4, -0.2) is 42.4 Å². The lowest BCUT2D eigenvalue weighted by Gasteiger charge is -2.31. The predicted octanol–water partition coefficient (Wildman–Crippen LogP) is 2.34. The molecule has 1 aliphatic heterocycles. The van der Waals surface area contributed by atoms with E-state index >= 15 is 0 Å². The summed E-state index contributed by atoms with van der Waals surface area (Å²) in [6, 6.07) is 0. The zero-order valence-electron chi connectivity index (χ0n) is 10.1. The van der Waals surface area contributed by atoms with Crippen molar-refractivity contribution >= 4 is 11.7 Å². The van der Waals surface area contributed by atoms with E-state index < -0.39 is 17.6 Å². The normalized spacial score (nSPS) is 25.8. The first-order valence-electron chi connectivity index (χ1n) is 5.02. The summed E-state index contributed by atoms with van der Waals surface area (Å²) in [5.74, 6) is -0.726. The molecule has 0 saturated heterocycles. The Bertz CT molecular complexity index is 342. The van der Waals surface area contributed by atoms with E-state index in [4.69, 9.17) is 0 Å². The number of amidine groups is 2. The van der Waals surface area contributed by atoms with Crippen LogP contribution in [0.4, 0.5) is 13.2 Å². The number of rotatable bonds is 1. The summed E-state index contributed by atoms with van der Waals surface area (Å²) in [6.45, 7) is 5.35. The van der Waals surface area contributed by atoms with Crippen LogP contribution in [0.15, 0.2) is 9.98 Å². The number of aliphatic imine (C=N–C) groups is 2. The van der Waals surface area contributed by atoms with Crippen LogP contribution in [0.1, 0.15) is 20.8 Å². The van der Waals surface area contributed by atoms with Gasteiger partial charge in [0.1, 0.15) is 11.4 Å². The maximum atomic E-state index is 12.5. The van der Waals surface area contributed by atoms with Crippen LogP contribution in [0.2, 0.25) is 0 Å². The van der Waals surface area contributed by atoms with Gasteiger partial charge in [-0.25, -0.2) is 9.98 Å². The van der Waals surface area contributed by atoms with Gasteiger partial charge in [-0.2, -0.15) is 13.2 Å². The average molecular weight is 235 g/mol. The van der Waals surface area contributed by atoms with Gasteiger partial charge in [-0.15, -0.1) is 0 Å². The highest BCUT2D eigenvalue weighted by atomic mass is 19.4. The monoisotopic (exact) mass is 235 g/mol. The fraction of sp³-hybridized carbons (Fsp3) is 0.800. The molecule has 1 heterocycles. The van der Waals surface area contributed by atoms with Gasteiger partial charge >= 0.3 is 6.18 Å². The summed E-state index contributed by atoms with van der Waals surface area (Å²) in [4.78, 5) is 8.93. The summed E-state index contributed by atoms with van der Waals surface area (Å²) < 4.78 is 37.6. The van der Waals surface area contributed by atoms with Crippen molar-refractivity contribution in [3.8, 4) is 0 Å². The van der Waals surface area contributed by atoms with Crippen molar-refractivity contribution in [3.05, 3.63) is 0 Å². The molecule has 92 valence electrons. The molecule has 0 N–H and O–H groups in total. The summed E-state index contributed by atoms with van der Waals surface area (Å²) in [5.41, 5.74) is -0.894. The Morgan fingerprint density at radius 2 is 1.75 bits per heavy atom. The van der Waals surface area contributed by atoms with Crippen molar-refractivity contribution in [1.29, 1.82) is 0 Å². The van der Waals surface area contributed by atoms with Crippen molar-refractivity contribution < 1.29 is 13.2 Å². The molecule has 16 heavy (non-hydrogen) atoms. The largest absolute Gasteiger partial charge is 0.451 e. The third kappa shape index (κ3) is 2.05. The molecule has 0 bridgehead atoms. The molecule has 0 fully saturated rings. The number of alkyl halides is 3. The molecule has 0 aromatic heterocycles. The van der Waals surface area contributed by atoms with Gasteiger partial charge in [-0.1, -0.05) is 13.8 Å². The molecule has 3 nitrogen and oxygen atoms in total. The van der Waals surface area contributed by atoms with E-state index in [1.807, 2.05) is 13.8 Å². The van der Waals surface area contributed by atoms with E-state index in [9.17, 15) is 13.2 Å². The fourth-order valence-corrected chi connectivity index (χ4v) is 1.58. The van der Waals surface area contributed by atoms with E-state index in [1.165, 1.54) is 0 Å². The minimum atomic E-state index is -4.48. The molecule has 0 aliphatic carbocycles. The Morgan fingerprint density at radius 3 is 2.00 bits per heavy atom. The SMILES string of the molecule is CC(C)C1(C)N=C(C(F)(F)F)N=C1N(C)C. The van der Waals surface area contributed by atoms with Gasteiger partial charge in [0.05, 0.1) is 0 Å². The first-order valence-corrected chi connectivity index (χ1v) is 5.02. The van der Waals surface area contributed by atoms with Crippen LogP contribution in [0.3, 0.4) is 0 Å². The quantitative estimate of drug-likeness (QED) is 0.685. The topological polar surface area (TPSA) is 28.0 Å². The highest BCUT2D eigenvalue weighted by Gasteiger charge is 2.47. The molecule has 1 aliphatic rings. The number of nitrogens with zero attached hydrogens (tertiary/aromatic N) is 3. The van der Waals surface area contributed by atoms with E-state index in [0.717, 1.165) is 0 Å². The molecule has 0 radical (unpaired) electrons. The third-order valence-electron chi connectivity index (χ3n) is 2.80. The molecule has 0 saturated carbocycles. The number of hydrogen-bond acceptors (Lipinski definition) is 3. The van der Waals surface area contributed by atoms with Crippen molar-refractivity contribution in [3.63, 3.8) is 0 Å². The zero-order valence-corrected chi connectivity index (χ0v) is 10.1. The molecular formula is C10H16F3N3.